The van der Waals surface area contributed by atoms with E-state index in [0.29, 0.717) is 5.84 Å². The molecule has 0 spiro atoms. The molecule has 178 valence electrons. The summed E-state index contributed by atoms with van der Waals surface area (Å²) >= 11 is 0. The lowest BCUT2D eigenvalue weighted by atomic mass is 9.94. The van der Waals surface area contributed by atoms with Crippen molar-refractivity contribution in [3.8, 4) is 0 Å². The Kier molecular flexibility index (Phi) is 5.65. The number of methoxy groups -OCH3 is 1. The monoisotopic (exact) mass is 470 g/mol. The minimum Gasteiger partial charge on any atom is -0.381 e. The predicted octanol–water partition coefficient (Wildman–Crippen LogP) is -0.219. The minimum atomic E-state index is -1.33. The number of amides is 2. The molecule has 12 nitrogen and oxygen atoms in total. The summed E-state index contributed by atoms with van der Waals surface area (Å²) in [4.78, 5) is 35.2. The largest absolute Gasteiger partial charge is 0.381 e. The van der Waals surface area contributed by atoms with Crippen LogP contribution in [-0.4, -0.2) is 95.2 Å². The summed E-state index contributed by atoms with van der Waals surface area (Å²) in [5, 5.41) is 13.1. The Hall–Kier alpha value is -3.58. The number of halogens is 1. The lowest BCUT2D eigenvalue weighted by molar-refractivity contribution is -0.446. The number of carbonyl (C=O) groups is 2. The summed E-state index contributed by atoms with van der Waals surface area (Å²) in [6.07, 6.45) is 7.33. The zero-order chi connectivity index (χ0) is 23.9. The molecule has 1 unspecified atom stereocenters. The van der Waals surface area contributed by atoms with Crippen molar-refractivity contribution >= 4 is 41.3 Å². The number of hydrazone groups is 1. The van der Waals surface area contributed by atoms with Crippen molar-refractivity contribution in [1.82, 2.24) is 25.8 Å². The van der Waals surface area contributed by atoms with Gasteiger partial charge in [-0.15, -0.1) is 14.9 Å². The van der Waals surface area contributed by atoms with Gasteiger partial charge in [-0.25, -0.2) is 4.39 Å². The number of amidine groups is 1. The Bertz CT molecular complexity index is 1150. The van der Waals surface area contributed by atoms with Crippen LogP contribution in [0.5, 0.6) is 0 Å². The summed E-state index contributed by atoms with van der Waals surface area (Å²) < 4.78 is 21.1. The molecule has 2 amide bonds. The quantitative estimate of drug-likeness (QED) is 0.469. The smallest absolute Gasteiger partial charge is 0.375 e. The van der Waals surface area contributed by atoms with Gasteiger partial charge < -0.3 is 15.4 Å². The van der Waals surface area contributed by atoms with Gasteiger partial charge in [0.1, 0.15) is 11.9 Å². The van der Waals surface area contributed by atoms with Gasteiger partial charge in [-0.1, -0.05) is 6.08 Å². The number of anilines is 1. The first-order chi connectivity index (χ1) is 16.4. The molecule has 3 aliphatic heterocycles. The molecular formula is C21H25FN9O3+. The van der Waals surface area contributed by atoms with E-state index in [2.05, 4.69) is 36.2 Å². The first-order valence-electron chi connectivity index (χ1n) is 11.0. The number of hydrazine groups is 1. The molecule has 1 aromatic rings. The van der Waals surface area contributed by atoms with Gasteiger partial charge in [-0.05, 0) is 12.8 Å². The minimum absolute atomic E-state index is 0.00157. The summed E-state index contributed by atoms with van der Waals surface area (Å²) in [7, 11) is 2.97. The van der Waals surface area contributed by atoms with Gasteiger partial charge in [0.05, 0.1) is 12.6 Å². The first kappa shape index (κ1) is 22.2. The molecule has 4 heterocycles. The highest BCUT2D eigenvalue weighted by Gasteiger charge is 2.47. The molecule has 34 heavy (non-hydrogen) atoms. The average molecular weight is 470 g/mol. The molecule has 0 aromatic carbocycles. The van der Waals surface area contributed by atoms with Crippen LogP contribution in [0.1, 0.15) is 23.3 Å². The zero-order valence-corrected chi connectivity index (χ0v) is 18.8. The molecule has 1 saturated carbocycles. The second-order valence-corrected chi connectivity index (χ2v) is 8.68. The van der Waals surface area contributed by atoms with Crippen molar-refractivity contribution in [3.05, 3.63) is 23.9 Å². The summed E-state index contributed by atoms with van der Waals surface area (Å²) in [6, 6.07) is 1.38. The number of fused-ring (bicyclic) bond motifs is 1. The van der Waals surface area contributed by atoms with E-state index in [0.717, 1.165) is 12.8 Å². The van der Waals surface area contributed by atoms with Crippen molar-refractivity contribution < 1.29 is 23.4 Å². The number of ether oxygens (including phenoxy) is 1. The number of nitrogens with zero attached hydrogens (tertiary/aromatic N) is 6. The molecule has 1 atom stereocenters. The third kappa shape index (κ3) is 4.43. The average Bonchev–Trinajstić information content (AvgIpc) is 3.57. The number of aromatic nitrogens is 2. The number of rotatable bonds is 7. The van der Waals surface area contributed by atoms with Crippen LogP contribution in [-0.2, 0) is 9.53 Å². The van der Waals surface area contributed by atoms with E-state index in [1.54, 1.807) is 4.68 Å². The highest BCUT2D eigenvalue weighted by molar-refractivity contribution is 6.05. The van der Waals surface area contributed by atoms with Crippen LogP contribution in [0.15, 0.2) is 28.2 Å². The van der Waals surface area contributed by atoms with Crippen LogP contribution >= 0.6 is 0 Å². The molecule has 2 fully saturated rings. The van der Waals surface area contributed by atoms with Crippen LogP contribution in [0.25, 0.3) is 0 Å². The van der Waals surface area contributed by atoms with Crippen molar-refractivity contribution in [2.45, 2.75) is 24.6 Å². The zero-order valence-electron chi connectivity index (χ0n) is 18.8. The third-order valence-electron chi connectivity index (χ3n) is 5.87. The predicted molar refractivity (Wildman–Crippen MR) is 121 cm³/mol. The van der Waals surface area contributed by atoms with Gasteiger partial charge in [0.15, 0.2) is 17.2 Å². The van der Waals surface area contributed by atoms with E-state index >= 15 is 0 Å². The SMILES string of the molecule is CNC(=O)c1nnc(NC(=O)C2CC2)cc1N=C1N=C2C=CC(N3CC(F)(COC)C3)C=[N+]2N1. The van der Waals surface area contributed by atoms with Crippen LogP contribution in [0, 0.1) is 5.92 Å². The van der Waals surface area contributed by atoms with E-state index in [4.69, 9.17) is 4.74 Å². The molecule has 3 N–H and O–H groups in total. The molecule has 5 rings (SSSR count). The number of hydrogen-bond donors (Lipinski definition) is 3. The number of carbonyl (C=O) groups excluding carboxylic acids is 2. The van der Waals surface area contributed by atoms with E-state index in [1.807, 2.05) is 23.3 Å². The normalized spacial score (nSPS) is 24.0. The van der Waals surface area contributed by atoms with E-state index in [9.17, 15) is 14.0 Å². The standard InChI is InChI=1S/C21H24FN9O3/c1-23-19(33)17-14(7-15(27-28-17)25-18(32)12-3-4-12)24-20-26-16-6-5-13(8-31(16)29-20)30-9-21(22,10-30)11-34-2/h5-8,12-13H,3-4,9-11H2,1-2H3,(H2-,23,24,25,27,29,32,33)/p+1. The van der Waals surface area contributed by atoms with Gasteiger partial charge in [-0.3, -0.25) is 14.5 Å². The van der Waals surface area contributed by atoms with Gasteiger partial charge in [0, 0.05) is 50.3 Å². The summed E-state index contributed by atoms with van der Waals surface area (Å²) in [5.74, 6) is 0.443. The van der Waals surface area contributed by atoms with Crippen molar-refractivity contribution in [2.24, 2.45) is 15.9 Å². The number of aliphatic imine (C=N–C) groups is 2. The number of likely N-dealkylation sites (tertiary alicyclic amines) is 1. The van der Waals surface area contributed by atoms with Crippen molar-refractivity contribution in [1.29, 1.82) is 0 Å². The van der Waals surface area contributed by atoms with Gasteiger partial charge in [0.25, 0.3) is 5.91 Å². The lowest BCUT2D eigenvalue weighted by Crippen LogP contribution is -2.65. The van der Waals surface area contributed by atoms with Crippen LogP contribution in [0.3, 0.4) is 0 Å². The van der Waals surface area contributed by atoms with Crippen LogP contribution in [0.4, 0.5) is 15.9 Å². The van der Waals surface area contributed by atoms with E-state index < -0.39 is 11.6 Å². The molecular weight excluding hydrogens is 445 g/mol. The van der Waals surface area contributed by atoms with Gasteiger partial charge >= 0.3 is 11.8 Å². The Morgan fingerprint density at radius 3 is 2.88 bits per heavy atom. The lowest BCUT2D eigenvalue weighted by Gasteiger charge is -2.46. The van der Waals surface area contributed by atoms with Crippen molar-refractivity contribution in [3.63, 3.8) is 0 Å². The number of hydrogen-bond acceptors (Lipinski definition) is 7. The molecule has 0 radical (unpaired) electrons. The maximum Gasteiger partial charge on any atom is 0.375 e. The van der Waals surface area contributed by atoms with Crippen LogP contribution in [0.2, 0.25) is 0 Å². The van der Waals surface area contributed by atoms with Gasteiger partial charge in [0.2, 0.25) is 5.91 Å². The fourth-order valence-corrected chi connectivity index (χ4v) is 3.98. The fraction of sp³-hybridized carbons (Fsp3) is 0.476. The van der Waals surface area contributed by atoms with E-state index in [-0.39, 0.29) is 60.7 Å². The maximum absolute atomic E-state index is 14.4. The fourth-order valence-electron chi connectivity index (χ4n) is 3.98. The second kappa shape index (κ2) is 8.65. The van der Waals surface area contributed by atoms with Gasteiger partial charge in [-0.2, -0.15) is 10.4 Å². The highest BCUT2D eigenvalue weighted by Crippen LogP contribution is 2.31. The Balaban J connectivity index is 1.34. The Morgan fingerprint density at radius 1 is 1.38 bits per heavy atom. The highest BCUT2D eigenvalue weighted by atomic mass is 19.1. The van der Waals surface area contributed by atoms with Crippen LogP contribution < -0.4 is 16.1 Å². The summed E-state index contributed by atoms with van der Waals surface area (Å²) in [6.45, 7) is 0.629. The Morgan fingerprint density at radius 2 is 2.18 bits per heavy atom. The molecule has 1 saturated heterocycles. The molecule has 1 aromatic heterocycles. The number of guanidine groups is 1. The molecule has 4 aliphatic rings. The van der Waals surface area contributed by atoms with Crippen molar-refractivity contribution in [2.75, 3.05) is 39.2 Å². The number of alkyl halides is 1. The first-order valence-corrected chi connectivity index (χ1v) is 11.0. The number of nitrogens with one attached hydrogen (secondary N) is 3. The molecule has 13 heteroatoms. The van der Waals surface area contributed by atoms with E-state index in [1.165, 1.54) is 20.2 Å². The topological polar surface area (TPSA) is 136 Å². The molecule has 0 bridgehead atoms. The second-order valence-electron chi connectivity index (χ2n) is 8.68. The summed E-state index contributed by atoms with van der Waals surface area (Å²) in [5.41, 5.74) is 1.93. The third-order valence-corrected chi connectivity index (χ3v) is 5.87. The molecule has 1 aliphatic carbocycles. The maximum atomic E-state index is 14.4. The Labute approximate surface area is 194 Å².